The van der Waals surface area contributed by atoms with Crippen molar-refractivity contribution in [1.82, 2.24) is 0 Å². The number of Topliss-reactive ketones (excluding diaryl/α,β-unsaturated/α-hetero) is 2. The third-order valence-corrected chi connectivity index (χ3v) is 11.3. The quantitative estimate of drug-likeness (QED) is 0.162. The standard InChI is InChI=1S/C40H52O4.C7H7ClNO2S.Na/c1-27(17-13-19-29(3)21-23-33-31(5)37(43)35(41)25-39(33,7)8)15-11-12-16-28(2)18-14-20-30(4)22-24-34-32(6)38(44)36(42)26-40(34,9)10;1-6-2-4-7(5-3-6)12(10,11)9-8;/h11-24,35-36,41-42H,25-26H2,1-10H3;2-5H,1H3;/q;-1;+1/b12-11+,17-13+,18-14+,23-21+,24-22+,27-15+,28-16+,29-19+,30-20+;;. The predicted molar refractivity (Wildman–Crippen MR) is 233 cm³/mol. The van der Waals surface area contributed by atoms with Gasteiger partial charge in [-0.25, -0.2) is 8.42 Å². The Morgan fingerprint density at radius 2 is 0.982 bits per heavy atom. The van der Waals surface area contributed by atoms with E-state index >= 15 is 0 Å². The number of sulfonamides is 1. The van der Waals surface area contributed by atoms with Crippen molar-refractivity contribution in [2.75, 3.05) is 0 Å². The van der Waals surface area contributed by atoms with E-state index in [0.717, 1.165) is 39.0 Å². The minimum Gasteiger partial charge on any atom is -0.458 e. The van der Waals surface area contributed by atoms with Crippen molar-refractivity contribution in [3.05, 3.63) is 164 Å². The minimum atomic E-state index is -3.62. The first-order chi connectivity index (χ1) is 26.0. The van der Waals surface area contributed by atoms with Crippen LogP contribution >= 0.6 is 11.8 Å². The number of aliphatic hydroxyl groups is 2. The smallest absolute Gasteiger partial charge is 0.458 e. The van der Waals surface area contributed by atoms with Gasteiger partial charge in [0.25, 0.3) is 0 Å². The Balaban J connectivity index is 0.00000106. The van der Waals surface area contributed by atoms with Gasteiger partial charge in [0.2, 0.25) is 0 Å². The number of allylic oxidation sites excluding steroid dienone is 20. The number of halogens is 1. The average molecular weight is 825 g/mol. The summed E-state index contributed by atoms with van der Waals surface area (Å²) in [5.41, 5.74) is 8.15. The van der Waals surface area contributed by atoms with Crippen molar-refractivity contribution in [2.24, 2.45) is 10.8 Å². The average Bonchev–Trinajstić information content (AvgIpc) is 3.11. The maximum absolute atomic E-state index is 12.2. The minimum absolute atomic E-state index is 0. The summed E-state index contributed by atoms with van der Waals surface area (Å²) >= 11 is 4.90. The molecule has 7 nitrogen and oxygen atoms in total. The number of rotatable bonds is 12. The van der Waals surface area contributed by atoms with E-state index in [0.29, 0.717) is 24.0 Å². The van der Waals surface area contributed by atoms with Crippen molar-refractivity contribution < 1.29 is 57.8 Å². The molecule has 0 aliphatic heterocycles. The van der Waals surface area contributed by atoms with Crippen molar-refractivity contribution in [2.45, 2.75) is 106 Å². The van der Waals surface area contributed by atoms with Gasteiger partial charge in [-0.05, 0) is 107 Å². The van der Waals surface area contributed by atoms with Crippen LogP contribution in [0.3, 0.4) is 0 Å². The Bertz CT molecular complexity index is 1960. The number of nitrogens with zero attached hydrogens (tertiary/aromatic N) is 1. The second-order valence-electron chi connectivity index (χ2n) is 15.8. The molecule has 0 saturated heterocycles. The summed E-state index contributed by atoms with van der Waals surface area (Å²) in [6, 6.07) is 6.32. The second-order valence-corrected chi connectivity index (χ2v) is 17.8. The predicted octanol–water partition coefficient (Wildman–Crippen LogP) is 8.12. The Labute approximate surface area is 369 Å². The van der Waals surface area contributed by atoms with E-state index in [4.69, 9.17) is 11.8 Å². The van der Waals surface area contributed by atoms with Gasteiger partial charge < -0.3 is 14.5 Å². The van der Waals surface area contributed by atoms with Crippen molar-refractivity contribution in [3.63, 3.8) is 0 Å². The van der Waals surface area contributed by atoms with Crippen LogP contribution in [0.5, 0.6) is 0 Å². The molecule has 0 aromatic heterocycles. The van der Waals surface area contributed by atoms with Gasteiger partial charge in [0.1, 0.15) is 22.2 Å². The van der Waals surface area contributed by atoms with Gasteiger partial charge in [-0.1, -0.05) is 153 Å². The van der Waals surface area contributed by atoms with Crippen molar-refractivity contribution >= 4 is 33.4 Å². The molecule has 0 heterocycles. The molecule has 0 spiro atoms. The van der Waals surface area contributed by atoms with E-state index in [1.807, 2.05) is 81.5 Å². The van der Waals surface area contributed by atoms with E-state index in [1.165, 1.54) is 12.1 Å². The molecule has 0 radical (unpaired) electrons. The zero-order valence-electron chi connectivity index (χ0n) is 35.7. The van der Waals surface area contributed by atoms with Crippen LogP contribution in [-0.4, -0.2) is 42.4 Å². The molecular formula is C47H59ClNNaO6S. The third kappa shape index (κ3) is 16.5. The number of hydrogen-bond acceptors (Lipinski definition) is 6. The van der Waals surface area contributed by atoms with Gasteiger partial charge >= 0.3 is 29.6 Å². The van der Waals surface area contributed by atoms with Crippen LogP contribution in [0.1, 0.15) is 87.6 Å². The van der Waals surface area contributed by atoms with Gasteiger partial charge in [-0.15, -0.1) is 0 Å². The maximum atomic E-state index is 12.2. The number of carbonyl (C=O) groups is 2. The van der Waals surface area contributed by atoms with E-state index in [2.05, 4.69) is 70.1 Å². The molecule has 2 N–H and O–H groups in total. The SMILES string of the molecule is CC1=C(/C=C/C(C)=C/C=C/C(C)=C/C=C/C=C(C)/C=C/C=C(C)/C=C/C2=C(C)C(=O)C(O)CC2(C)C)C(C)(C)CC(O)C1=O.Cc1ccc(S(=O)(=O)[N-]Cl)cc1.[Na+]. The van der Waals surface area contributed by atoms with Gasteiger partial charge in [-0.2, -0.15) is 0 Å². The number of ketones is 2. The Hall–Kier alpha value is -3.18. The van der Waals surface area contributed by atoms with Gasteiger partial charge in [-0.3, -0.25) is 21.4 Å². The normalized spacial score (nSPS) is 21.4. The molecule has 0 fully saturated rings. The Kier molecular flexibility index (Phi) is 21.3. The molecule has 0 bridgehead atoms. The summed E-state index contributed by atoms with van der Waals surface area (Å²) in [5, 5.41) is 20.0. The van der Waals surface area contributed by atoms with Gasteiger partial charge in [0.15, 0.2) is 11.6 Å². The molecule has 57 heavy (non-hydrogen) atoms. The summed E-state index contributed by atoms with van der Waals surface area (Å²) in [4.78, 5) is 24.6. The van der Waals surface area contributed by atoms with Crippen LogP contribution in [0, 0.1) is 17.8 Å². The zero-order valence-corrected chi connectivity index (χ0v) is 39.3. The first-order valence-electron chi connectivity index (χ1n) is 18.6. The summed E-state index contributed by atoms with van der Waals surface area (Å²) in [5.74, 6) is -0.350. The van der Waals surface area contributed by atoms with E-state index in [1.54, 1.807) is 26.0 Å². The molecule has 302 valence electrons. The van der Waals surface area contributed by atoms with Gasteiger partial charge in [0.05, 0.1) is 0 Å². The molecule has 2 unspecified atom stereocenters. The number of aryl methyl sites for hydroxylation is 1. The monoisotopic (exact) mass is 823 g/mol. The van der Waals surface area contributed by atoms with Crippen LogP contribution in [0.2, 0.25) is 0 Å². The second kappa shape index (κ2) is 23.4. The number of aliphatic hydroxyl groups excluding tert-OH is 2. The topological polar surface area (TPSA) is 123 Å². The molecule has 10 heteroatoms. The van der Waals surface area contributed by atoms with E-state index in [-0.39, 0.29) is 56.8 Å². The molecular weight excluding hydrogens is 765 g/mol. The van der Waals surface area contributed by atoms with Crippen LogP contribution in [-0.2, 0) is 19.6 Å². The first-order valence-corrected chi connectivity index (χ1v) is 20.4. The number of carbonyl (C=O) groups excluding carboxylic acids is 2. The molecule has 2 aliphatic carbocycles. The maximum Gasteiger partial charge on any atom is 1.00 e. The largest absolute Gasteiger partial charge is 1.00 e. The van der Waals surface area contributed by atoms with Crippen LogP contribution in [0.25, 0.3) is 4.24 Å². The third-order valence-electron chi connectivity index (χ3n) is 9.72. The van der Waals surface area contributed by atoms with Crippen LogP contribution in [0.4, 0.5) is 0 Å². The van der Waals surface area contributed by atoms with Crippen LogP contribution < -0.4 is 29.6 Å². The fraction of sp³-hybridized carbons (Fsp3) is 0.362. The molecule has 2 atom stereocenters. The number of hydrogen-bond donors (Lipinski definition) is 2. The fourth-order valence-electron chi connectivity index (χ4n) is 6.37. The fourth-order valence-corrected chi connectivity index (χ4v) is 7.17. The summed E-state index contributed by atoms with van der Waals surface area (Å²) < 4.78 is 24.8. The molecule has 0 saturated carbocycles. The summed E-state index contributed by atoms with van der Waals surface area (Å²) in [6.45, 7) is 21.9. The van der Waals surface area contributed by atoms with Crippen molar-refractivity contribution in [3.8, 4) is 0 Å². The first kappa shape index (κ1) is 51.8. The summed E-state index contributed by atoms with van der Waals surface area (Å²) in [6.07, 6.45) is 27.5. The van der Waals surface area contributed by atoms with E-state index < -0.39 is 22.2 Å². The summed E-state index contributed by atoms with van der Waals surface area (Å²) in [7, 11) is -3.62. The van der Waals surface area contributed by atoms with E-state index in [9.17, 15) is 28.2 Å². The van der Waals surface area contributed by atoms with Crippen LogP contribution in [0.15, 0.2) is 159 Å². The molecule has 1 aromatic rings. The Morgan fingerprint density at radius 3 is 1.33 bits per heavy atom. The van der Waals surface area contributed by atoms with Crippen molar-refractivity contribution in [1.29, 1.82) is 0 Å². The number of benzene rings is 1. The molecule has 2 aliphatic rings. The van der Waals surface area contributed by atoms with Gasteiger partial charge in [0, 0.05) is 4.90 Å². The zero-order chi connectivity index (χ0) is 42.4. The Morgan fingerprint density at radius 1 is 0.649 bits per heavy atom. The molecule has 3 rings (SSSR count). The molecule has 1 aromatic carbocycles. The molecule has 0 amide bonds.